The number of hydrogen-bond acceptors (Lipinski definition) is 4. The molecule has 0 saturated carbocycles. The van der Waals surface area contributed by atoms with Crippen LogP contribution in [-0.4, -0.2) is 56.4 Å². The van der Waals surface area contributed by atoms with Gasteiger partial charge in [-0.1, -0.05) is 13.8 Å². The highest BCUT2D eigenvalue weighted by Gasteiger charge is 2.27. The van der Waals surface area contributed by atoms with Crippen LogP contribution in [0.15, 0.2) is 0 Å². The zero-order chi connectivity index (χ0) is 13.5. The van der Waals surface area contributed by atoms with Crippen LogP contribution in [0.2, 0.25) is 0 Å². The number of amides is 2. The van der Waals surface area contributed by atoms with Crippen LogP contribution in [0.1, 0.15) is 20.3 Å². The molecule has 0 unspecified atom stereocenters. The van der Waals surface area contributed by atoms with Crippen LogP contribution >= 0.6 is 0 Å². The molecule has 1 saturated heterocycles. The SMILES string of the molecule is COC(=O)N[C@@H](CC(C)C)C(=O)N1CCOCC1. The zero-order valence-corrected chi connectivity index (χ0v) is 11.3. The molecule has 1 atom stereocenters. The van der Waals surface area contributed by atoms with Crippen molar-refractivity contribution in [2.45, 2.75) is 26.3 Å². The van der Waals surface area contributed by atoms with Gasteiger partial charge < -0.3 is 19.7 Å². The molecule has 6 heteroatoms. The van der Waals surface area contributed by atoms with Gasteiger partial charge in [0.1, 0.15) is 6.04 Å². The second-order valence-corrected chi connectivity index (χ2v) is 4.76. The number of alkyl carbamates (subject to hydrolysis) is 1. The molecule has 0 aromatic rings. The lowest BCUT2D eigenvalue weighted by Gasteiger charge is -2.31. The molecule has 0 bridgehead atoms. The lowest BCUT2D eigenvalue weighted by Crippen LogP contribution is -2.52. The van der Waals surface area contributed by atoms with Gasteiger partial charge in [-0.05, 0) is 12.3 Å². The molecular formula is C12H22N2O4. The van der Waals surface area contributed by atoms with Gasteiger partial charge in [0.15, 0.2) is 0 Å². The number of methoxy groups -OCH3 is 1. The Balaban J connectivity index is 2.61. The summed E-state index contributed by atoms with van der Waals surface area (Å²) in [6, 6.07) is -0.518. The van der Waals surface area contributed by atoms with Crippen molar-refractivity contribution in [2.75, 3.05) is 33.4 Å². The van der Waals surface area contributed by atoms with Crippen LogP contribution in [0.3, 0.4) is 0 Å². The highest BCUT2D eigenvalue weighted by atomic mass is 16.5. The van der Waals surface area contributed by atoms with E-state index < -0.39 is 12.1 Å². The number of hydrogen-bond donors (Lipinski definition) is 1. The third-order valence-electron chi connectivity index (χ3n) is 2.81. The normalized spacial score (nSPS) is 17.4. The van der Waals surface area contributed by atoms with Crippen molar-refractivity contribution in [3.05, 3.63) is 0 Å². The fraction of sp³-hybridized carbons (Fsp3) is 0.833. The second kappa shape index (κ2) is 7.20. The summed E-state index contributed by atoms with van der Waals surface area (Å²) in [6.07, 6.45) is 0.0351. The minimum Gasteiger partial charge on any atom is -0.453 e. The van der Waals surface area contributed by atoms with Crippen LogP contribution in [0.25, 0.3) is 0 Å². The maximum absolute atomic E-state index is 12.3. The number of rotatable bonds is 4. The largest absolute Gasteiger partial charge is 0.453 e. The van der Waals surface area contributed by atoms with Crippen LogP contribution < -0.4 is 5.32 Å². The van der Waals surface area contributed by atoms with Crippen molar-refractivity contribution in [1.29, 1.82) is 0 Å². The van der Waals surface area contributed by atoms with Crippen LogP contribution in [0.4, 0.5) is 4.79 Å². The van der Waals surface area contributed by atoms with Crippen molar-refractivity contribution in [2.24, 2.45) is 5.92 Å². The highest BCUT2D eigenvalue weighted by molar-refractivity contribution is 5.85. The number of carbonyl (C=O) groups is 2. The molecular weight excluding hydrogens is 236 g/mol. The molecule has 18 heavy (non-hydrogen) atoms. The number of nitrogens with zero attached hydrogens (tertiary/aromatic N) is 1. The number of ether oxygens (including phenoxy) is 2. The molecule has 1 aliphatic rings. The lowest BCUT2D eigenvalue weighted by atomic mass is 10.0. The summed E-state index contributed by atoms with van der Waals surface area (Å²) in [5, 5.41) is 2.60. The van der Waals surface area contributed by atoms with E-state index in [9.17, 15) is 9.59 Å². The van der Waals surface area contributed by atoms with Crippen LogP contribution in [-0.2, 0) is 14.3 Å². The van der Waals surface area contributed by atoms with Gasteiger partial charge in [0.2, 0.25) is 5.91 Å². The fourth-order valence-electron chi connectivity index (χ4n) is 1.90. The summed E-state index contributed by atoms with van der Waals surface area (Å²) in [5.41, 5.74) is 0. The second-order valence-electron chi connectivity index (χ2n) is 4.76. The third kappa shape index (κ3) is 4.52. The van der Waals surface area contributed by atoms with E-state index in [1.54, 1.807) is 4.90 Å². The Morgan fingerprint density at radius 3 is 2.44 bits per heavy atom. The summed E-state index contributed by atoms with van der Waals surface area (Å²) in [5.74, 6) is 0.259. The van der Waals surface area contributed by atoms with Crippen molar-refractivity contribution in [1.82, 2.24) is 10.2 Å². The van der Waals surface area contributed by atoms with Crippen molar-refractivity contribution in [3.63, 3.8) is 0 Å². The van der Waals surface area contributed by atoms with E-state index in [2.05, 4.69) is 10.1 Å². The quantitative estimate of drug-likeness (QED) is 0.802. The zero-order valence-electron chi connectivity index (χ0n) is 11.3. The van der Waals surface area contributed by atoms with Crippen molar-refractivity contribution < 1.29 is 19.1 Å². The summed E-state index contributed by atoms with van der Waals surface area (Å²) in [7, 11) is 1.29. The van der Waals surface area contributed by atoms with E-state index in [0.29, 0.717) is 38.6 Å². The molecule has 1 aliphatic heterocycles. The van der Waals surface area contributed by atoms with E-state index in [4.69, 9.17) is 4.74 Å². The smallest absolute Gasteiger partial charge is 0.407 e. The van der Waals surface area contributed by atoms with Crippen LogP contribution in [0.5, 0.6) is 0 Å². The minimum absolute atomic E-state index is 0.0580. The van der Waals surface area contributed by atoms with Crippen molar-refractivity contribution >= 4 is 12.0 Å². The summed E-state index contributed by atoms with van der Waals surface area (Å²) in [6.45, 7) is 6.29. The molecule has 6 nitrogen and oxygen atoms in total. The Morgan fingerprint density at radius 1 is 1.33 bits per heavy atom. The maximum atomic E-state index is 12.3. The molecule has 0 spiro atoms. The van der Waals surface area contributed by atoms with E-state index >= 15 is 0 Å². The Bertz CT molecular complexity index is 288. The van der Waals surface area contributed by atoms with Gasteiger partial charge in [-0.15, -0.1) is 0 Å². The Hall–Kier alpha value is -1.30. The van der Waals surface area contributed by atoms with Gasteiger partial charge in [-0.2, -0.15) is 0 Å². The molecule has 1 rings (SSSR count). The molecule has 104 valence electrons. The summed E-state index contributed by atoms with van der Waals surface area (Å²) >= 11 is 0. The predicted octanol–water partition coefficient (Wildman–Crippen LogP) is 0.616. The molecule has 0 radical (unpaired) electrons. The number of nitrogens with one attached hydrogen (secondary N) is 1. The van der Waals surface area contributed by atoms with Crippen molar-refractivity contribution in [3.8, 4) is 0 Å². The maximum Gasteiger partial charge on any atom is 0.407 e. The van der Waals surface area contributed by atoms with Gasteiger partial charge in [0.05, 0.1) is 20.3 Å². The molecule has 0 aromatic heterocycles. The molecule has 2 amide bonds. The molecule has 1 fully saturated rings. The van der Waals surface area contributed by atoms with E-state index in [0.717, 1.165) is 0 Å². The summed E-state index contributed by atoms with van der Waals surface area (Å²) in [4.78, 5) is 25.3. The lowest BCUT2D eigenvalue weighted by molar-refractivity contribution is -0.137. The third-order valence-corrected chi connectivity index (χ3v) is 2.81. The molecule has 0 aromatic carbocycles. The fourth-order valence-corrected chi connectivity index (χ4v) is 1.90. The minimum atomic E-state index is -0.567. The summed E-state index contributed by atoms with van der Waals surface area (Å²) < 4.78 is 9.76. The predicted molar refractivity (Wildman–Crippen MR) is 66.2 cm³/mol. The van der Waals surface area contributed by atoms with Gasteiger partial charge in [0, 0.05) is 13.1 Å². The van der Waals surface area contributed by atoms with Gasteiger partial charge in [0.25, 0.3) is 0 Å². The Morgan fingerprint density at radius 2 is 1.94 bits per heavy atom. The average molecular weight is 258 g/mol. The molecule has 1 heterocycles. The Kier molecular flexibility index (Phi) is 5.91. The topological polar surface area (TPSA) is 67.9 Å². The number of morpholine rings is 1. The van der Waals surface area contributed by atoms with E-state index in [1.165, 1.54) is 7.11 Å². The van der Waals surface area contributed by atoms with E-state index in [-0.39, 0.29) is 5.91 Å². The van der Waals surface area contributed by atoms with Gasteiger partial charge in [-0.3, -0.25) is 4.79 Å². The Labute approximate surface area is 108 Å². The first-order valence-corrected chi connectivity index (χ1v) is 6.25. The number of carbonyl (C=O) groups excluding carboxylic acids is 2. The van der Waals surface area contributed by atoms with Gasteiger partial charge >= 0.3 is 6.09 Å². The first-order chi connectivity index (χ1) is 8.54. The average Bonchev–Trinajstić information content (AvgIpc) is 2.37. The van der Waals surface area contributed by atoms with Crippen LogP contribution in [0, 0.1) is 5.92 Å². The molecule has 1 N–H and O–H groups in total. The van der Waals surface area contributed by atoms with E-state index in [1.807, 2.05) is 13.8 Å². The first-order valence-electron chi connectivity index (χ1n) is 6.25. The monoisotopic (exact) mass is 258 g/mol. The molecule has 0 aliphatic carbocycles. The highest BCUT2D eigenvalue weighted by Crippen LogP contribution is 2.09. The standard InChI is InChI=1S/C12H22N2O4/c1-9(2)8-10(13-12(16)17-3)11(15)14-4-6-18-7-5-14/h9-10H,4-8H2,1-3H3,(H,13,16)/t10-/m0/s1. The first kappa shape index (κ1) is 14.8. The van der Waals surface area contributed by atoms with Gasteiger partial charge in [-0.25, -0.2) is 4.79 Å².